The van der Waals surface area contributed by atoms with Crippen molar-refractivity contribution in [3.63, 3.8) is 0 Å². The minimum atomic E-state index is -0.638. The molecule has 1 unspecified atom stereocenters. The molecule has 2 heteroatoms. The Morgan fingerprint density at radius 1 is 0.943 bits per heavy atom. The third-order valence-corrected chi connectivity index (χ3v) is 8.23. The molecule has 0 saturated heterocycles. The second kappa shape index (κ2) is 10.3. The lowest BCUT2D eigenvalue weighted by Gasteiger charge is -2.29. The molecule has 0 radical (unpaired) electrons. The molecule has 5 rings (SSSR count). The van der Waals surface area contributed by atoms with Crippen molar-refractivity contribution in [1.82, 2.24) is 0 Å². The molecule has 0 amide bonds. The second-order valence-electron chi connectivity index (χ2n) is 10.5. The van der Waals surface area contributed by atoms with Gasteiger partial charge in [0.05, 0.1) is 0 Å². The van der Waals surface area contributed by atoms with Crippen molar-refractivity contribution in [2.75, 3.05) is 0 Å². The van der Waals surface area contributed by atoms with Crippen LogP contribution in [0.2, 0.25) is 0 Å². The molecule has 1 N–H and O–H groups in total. The molecule has 3 aromatic rings. The number of carbonyl (C=O) groups is 1. The van der Waals surface area contributed by atoms with E-state index >= 15 is 0 Å². The van der Waals surface area contributed by atoms with Crippen LogP contribution in [-0.2, 0) is 6.42 Å². The molecule has 180 valence electrons. The van der Waals surface area contributed by atoms with Gasteiger partial charge >= 0.3 is 0 Å². The Morgan fingerprint density at radius 2 is 1.60 bits per heavy atom. The average molecular weight is 465 g/mol. The maximum absolute atomic E-state index is 12.0. The van der Waals surface area contributed by atoms with Gasteiger partial charge in [0.15, 0.2) is 5.78 Å². The van der Waals surface area contributed by atoms with Crippen molar-refractivity contribution in [2.45, 2.75) is 70.3 Å². The summed E-state index contributed by atoms with van der Waals surface area (Å²) >= 11 is 0. The Morgan fingerprint density at radius 3 is 2.29 bits per heavy atom. The zero-order valence-corrected chi connectivity index (χ0v) is 20.8. The molecule has 2 nitrogen and oxygen atoms in total. The molecular formula is C33H36O2. The molecule has 2 aliphatic rings. The van der Waals surface area contributed by atoms with Crippen LogP contribution < -0.4 is 0 Å². The first-order valence-electron chi connectivity index (χ1n) is 13.3. The third-order valence-electron chi connectivity index (χ3n) is 8.23. The van der Waals surface area contributed by atoms with Crippen LogP contribution in [0.3, 0.4) is 0 Å². The summed E-state index contributed by atoms with van der Waals surface area (Å²) in [5.41, 5.74) is 8.70. The predicted molar refractivity (Wildman–Crippen MR) is 144 cm³/mol. The van der Waals surface area contributed by atoms with Crippen LogP contribution in [0.15, 0.2) is 73.3 Å². The van der Waals surface area contributed by atoms with E-state index < -0.39 is 6.10 Å². The number of rotatable bonds is 8. The van der Waals surface area contributed by atoms with E-state index in [1.165, 1.54) is 73.3 Å². The summed E-state index contributed by atoms with van der Waals surface area (Å²) < 4.78 is 0. The maximum Gasteiger partial charge on any atom is 0.185 e. The fourth-order valence-corrected chi connectivity index (χ4v) is 6.09. The van der Waals surface area contributed by atoms with E-state index in [1.54, 1.807) is 0 Å². The highest BCUT2D eigenvalue weighted by atomic mass is 16.3. The number of carbonyl (C=O) groups excluding carboxylic acids is 1. The van der Waals surface area contributed by atoms with Crippen LogP contribution in [0.25, 0.3) is 11.1 Å². The van der Waals surface area contributed by atoms with Crippen LogP contribution >= 0.6 is 0 Å². The second-order valence-corrected chi connectivity index (χ2v) is 10.5. The summed E-state index contributed by atoms with van der Waals surface area (Å²) in [4.78, 5) is 12.0. The van der Waals surface area contributed by atoms with Crippen molar-refractivity contribution >= 4 is 5.78 Å². The van der Waals surface area contributed by atoms with Crippen molar-refractivity contribution in [3.8, 4) is 11.1 Å². The average Bonchev–Trinajstić information content (AvgIpc) is 3.28. The summed E-state index contributed by atoms with van der Waals surface area (Å²) in [5.74, 6) is 1.54. The maximum atomic E-state index is 12.0. The predicted octanol–water partition coefficient (Wildman–Crippen LogP) is 8.17. The quantitative estimate of drug-likeness (QED) is 0.211. The highest BCUT2D eigenvalue weighted by molar-refractivity contribution is 6.04. The molecule has 35 heavy (non-hydrogen) atoms. The van der Waals surface area contributed by atoms with Gasteiger partial charge in [-0.2, -0.15) is 0 Å². The number of unbranched alkanes of at least 4 members (excludes halogenated alkanes) is 1. The normalized spacial score (nSPS) is 19.6. The van der Waals surface area contributed by atoms with Gasteiger partial charge in [0.25, 0.3) is 0 Å². The van der Waals surface area contributed by atoms with Gasteiger partial charge in [0.1, 0.15) is 6.10 Å². The Hall–Kier alpha value is -2.97. The van der Waals surface area contributed by atoms with Gasteiger partial charge in [-0.3, -0.25) is 4.79 Å². The Bertz CT molecular complexity index is 1210. The highest BCUT2D eigenvalue weighted by Gasteiger charge is 2.24. The fourth-order valence-electron chi connectivity index (χ4n) is 6.09. The monoisotopic (exact) mass is 464 g/mol. The number of allylic oxidation sites excluding steroid dienone is 1. The van der Waals surface area contributed by atoms with Gasteiger partial charge < -0.3 is 5.11 Å². The van der Waals surface area contributed by atoms with Crippen molar-refractivity contribution in [2.24, 2.45) is 5.92 Å². The van der Waals surface area contributed by atoms with E-state index in [1.807, 2.05) is 24.3 Å². The summed E-state index contributed by atoms with van der Waals surface area (Å²) in [6.07, 6.45) is 10.9. The van der Waals surface area contributed by atoms with Gasteiger partial charge in [0, 0.05) is 5.56 Å². The molecule has 1 fully saturated rings. The Kier molecular flexibility index (Phi) is 7.02. The Labute approximate surface area is 209 Å². The van der Waals surface area contributed by atoms with Crippen molar-refractivity contribution in [1.29, 1.82) is 0 Å². The minimum absolute atomic E-state index is 0.0483. The summed E-state index contributed by atoms with van der Waals surface area (Å²) in [5, 5.41) is 11.2. The molecular weight excluding hydrogens is 428 g/mol. The van der Waals surface area contributed by atoms with E-state index in [9.17, 15) is 9.90 Å². The zero-order valence-electron chi connectivity index (χ0n) is 20.8. The van der Waals surface area contributed by atoms with Gasteiger partial charge in [0.2, 0.25) is 0 Å². The van der Waals surface area contributed by atoms with Crippen LogP contribution in [0.5, 0.6) is 0 Å². The molecule has 0 aliphatic heterocycles. The smallest absolute Gasteiger partial charge is 0.185 e. The lowest BCUT2D eigenvalue weighted by Crippen LogP contribution is -2.13. The van der Waals surface area contributed by atoms with E-state index in [2.05, 4.69) is 49.9 Å². The topological polar surface area (TPSA) is 37.3 Å². The van der Waals surface area contributed by atoms with Gasteiger partial charge in [-0.05, 0) is 95.0 Å². The van der Waals surface area contributed by atoms with Crippen molar-refractivity contribution < 1.29 is 9.90 Å². The van der Waals surface area contributed by atoms with Crippen LogP contribution in [0.1, 0.15) is 102 Å². The molecule has 2 aliphatic carbocycles. The molecule has 1 saturated carbocycles. The number of hydrogen-bond donors (Lipinski definition) is 1. The lowest BCUT2D eigenvalue weighted by molar-refractivity contribution is 0.104. The van der Waals surface area contributed by atoms with Crippen molar-refractivity contribution in [3.05, 3.63) is 107 Å². The number of hydrogen-bond acceptors (Lipinski definition) is 2. The minimum Gasteiger partial charge on any atom is -0.384 e. The number of aliphatic hydroxyl groups excluding tert-OH is 1. The number of benzene rings is 3. The fraction of sp³-hybridized carbons (Fsp3) is 0.364. The highest BCUT2D eigenvalue weighted by Crippen LogP contribution is 2.40. The third kappa shape index (κ3) is 4.90. The van der Waals surface area contributed by atoms with E-state index in [0.717, 1.165) is 29.0 Å². The molecule has 3 aromatic carbocycles. The van der Waals surface area contributed by atoms with Crippen LogP contribution in [0.4, 0.5) is 0 Å². The van der Waals surface area contributed by atoms with Gasteiger partial charge in [-0.1, -0.05) is 87.4 Å². The zero-order chi connectivity index (χ0) is 24.4. The standard InChI is InChI=1S/C33H36O2/c1-3-5-6-22-7-9-23(10-8-22)24-11-13-25(14-12-24)33(35)27-16-18-31-29(20-27)21-28-19-26(32(34)4-2)15-17-30(28)31/h4,11-20,22-23,33,35H,2-3,5-10,21H2,1H3. The van der Waals surface area contributed by atoms with E-state index in [4.69, 9.17) is 0 Å². The van der Waals surface area contributed by atoms with E-state index in [0.29, 0.717) is 11.5 Å². The Balaban J connectivity index is 1.27. The summed E-state index contributed by atoms with van der Waals surface area (Å²) in [7, 11) is 0. The largest absolute Gasteiger partial charge is 0.384 e. The molecule has 1 atom stereocenters. The summed E-state index contributed by atoms with van der Waals surface area (Å²) in [6, 6.07) is 20.8. The van der Waals surface area contributed by atoms with Gasteiger partial charge in [-0.15, -0.1) is 0 Å². The van der Waals surface area contributed by atoms with Gasteiger partial charge in [-0.25, -0.2) is 0 Å². The van der Waals surface area contributed by atoms with Crippen LogP contribution in [0, 0.1) is 5.92 Å². The number of ketones is 1. The van der Waals surface area contributed by atoms with Crippen LogP contribution in [-0.4, -0.2) is 10.9 Å². The molecule has 0 spiro atoms. The number of aliphatic hydroxyl groups is 1. The SMILES string of the molecule is C=CC(=O)c1ccc2c(c1)Cc1cc(C(O)c3ccc(C4CCC(CCCC)CC4)cc3)ccc1-2. The first-order valence-corrected chi connectivity index (χ1v) is 13.3. The first kappa shape index (κ1) is 23.8. The molecule has 0 bridgehead atoms. The lowest BCUT2D eigenvalue weighted by atomic mass is 9.77. The van der Waals surface area contributed by atoms with E-state index in [-0.39, 0.29) is 5.78 Å². The molecule has 0 heterocycles. The molecule has 0 aromatic heterocycles. The summed E-state index contributed by atoms with van der Waals surface area (Å²) in [6.45, 7) is 5.88. The first-order chi connectivity index (χ1) is 17.1. The number of fused-ring (bicyclic) bond motifs is 3.